The number of nitrogens with two attached hydrogens (primary N) is 2. The molecule has 1 atom stereocenters. The maximum absolute atomic E-state index is 12.0. The first-order valence-corrected chi connectivity index (χ1v) is 8.82. The number of carbonyl (C=O) groups is 1. The minimum Gasteiger partial charge on any atom is -0.426 e. The molecule has 0 bridgehead atoms. The molecule has 2 aromatic rings. The molecular formula is C19H16N8O2. The third-order valence-corrected chi connectivity index (χ3v) is 4.66. The minimum atomic E-state index is -0.693. The number of pyridine rings is 1. The van der Waals surface area contributed by atoms with Crippen LogP contribution in [0, 0.1) is 28.7 Å². The molecule has 10 heteroatoms. The monoisotopic (exact) mass is 388 g/mol. The number of nitrogens with zero attached hydrogens (tertiary/aromatic N) is 4. The van der Waals surface area contributed by atoms with Crippen LogP contribution in [-0.4, -0.2) is 16.9 Å². The van der Waals surface area contributed by atoms with Crippen molar-refractivity contribution >= 4 is 29.3 Å². The largest absolute Gasteiger partial charge is 0.426 e. The highest BCUT2D eigenvalue weighted by atomic mass is 16.5. The number of nitrogens with one attached hydrogen (secondary N) is 2. The minimum absolute atomic E-state index is 0.0275. The molecular weight excluding hydrogens is 372 g/mol. The Bertz CT molecular complexity index is 1120. The Hall–Kier alpha value is -4.31. The maximum atomic E-state index is 12.0. The van der Waals surface area contributed by atoms with Gasteiger partial charge in [-0.3, -0.25) is 10.1 Å². The summed E-state index contributed by atoms with van der Waals surface area (Å²) < 4.78 is 5.44. The molecule has 29 heavy (non-hydrogen) atoms. The summed E-state index contributed by atoms with van der Waals surface area (Å²) >= 11 is 0. The summed E-state index contributed by atoms with van der Waals surface area (Å²) in [5.74, 6) is 0.499. The van der Waals surface area contributed by atoms with Gasteiger partial charge in [0.15, 0.2) is 6.19 Å². The predicted molar refractivity (Wildman–Crippen MR) is 104 cm³/mol. The first-order valence-electron chi connectivity index (χ1n) is 8.82. The Kier molecular flexibility index (Phi) is 4.37. The molecule has 10 nitrogen and oxygen atoms in total. The van der Waals surface area contributed by atoms with Crippen molar-refractivity contribution in [3.8, 4) is 18.0 Å². The summed E-state index contributed by atoms with van der Waals surface area (Å²) in [7, 11) is 0. The van der Waals surface area contributed by atoms with E-state index in [2.05, 4.69) is 20.6 Å². The van der Waals surface area contributed by atoms with Crippen LogP contribution in [0.25, 0.3) is 0 Å². The lowest BCUT2D eigenvalue weighted by Crippen LogP contribution is -2.32. The molecule has 1 aromatic carbocycles. The lowest BCUT2D eigenvalue weighted by Gasteiger charge is -2.26. The van der Waals surface area contributed by atoms with Crippen molar-refractivity contribution in [3.05, 3.63) is 41.0 Å². The van der Waals surface area contributed by atoms with Crippen molar-refractivity contribution < 1.29 is 9.53 Å². The predicted octanol–water partition coefficient (Wildman–Crippen LogP) is 1.37. The molecule has 4 rings (SSSR count). The highest BCUT2D eigenvalue weighted by molar-refractivity contribution is 5.98. The number of benzene rings is 1. The summed E-state index contributed by atoms with van der Waals surface area (Å²) in [6.45, 7) is 0. The normalized spacial score (nSPS) is 17.0. The Balaban J connectivity index is 1.79. The number of nitriles is 2. The molecule has 0 saturated heterocycles. The van der Waals surface area contributed by atoms with Gasteiger partial charge in [-0.1, -0.05) is 12.1 Å². The van der Waals surface area contributed by atoms with Gasteiger partial charge in [-0.15, -0.1) is 0 Å². The molecule has 0 spiro atoms. The zero-order chi connectivity index (χ0) is 20.5. The first-order chi connectivity index (χ1) is 14.0. The van der Waals surface area contributed by atoms with Crippen LogP contribution in [0.4, 0.5) is 17.3 Å². The molecule has 2 heterocycles. The van der Waals surface area contributed by atoms with Crippen LogP contribution in [-0.2, 0) is 4.79 Å². The second-order valence-electron chi connectivity index (χ2n) is 6.67. The SMILES string of the molecule is N#CNC1=NC(c2cccc(OC(=O)C3CC3)c2)c2c(nc(N)c(C#N)c2N)N1. The third-order valence-electron chi connectivity index (χ3n) is 4.66. The topological polar surface area (TPSA) is 175 Å². The van der Waals surface area contributed by atoms with E-state index >= 15 is 0 Å². The van der Waals surface area contributed by atoms with E-state index in [1.165, 1.54) is 0 Å². The van der Waals surface area contributed by atoms with E-state index in [1.54, 1.807) is 30.5 Å². The number of guanidine groups is 1. The maximum Gasteiger partial charge on any atom is 0.314 e. The molecule has 1 fully saturated rings. The Morgan fingerprint density at radius 2 is 2.10 bits per heavy atom. The van der Waals surface area contributed by atoms with E-state index in [-0.39, 0.29) is 40.7 Å². The quantitative estimate of drug-likeness (QED) is 0.262. The smallest absolute Gasteiger partial charge is 0.314 e. The molecule has 1 saturated carbocycles. The van der Waals surface area contributed by atoms with E-state index < -0.39 is 6.04 Å². The third kappa shape index (κ3) is 3.35. The van der Waals surface area contributed by atoms with E-state index in [4.69, 9.17) is 21.5 Å². The Labute approximate surface area is 165 Å². The summed E-state index contributed by atoms with van der Waals surface area (Å²) in [5.41, 5.74) is 13.3. The lowest BCUT2D eigenvalue weighted by atomic mass is 9.95. The number of anilines is 3. The first kappa shape index (κ1) is 18.1. The van der Waals surface area contributed by atoms with Crippen LogP contribution in [0.15, 0.2) is 29.3 Å². The van der Waals surface area contributed by atoms with Gasteiger partial charge in [-0.2, -0.15) is 10.5 Å². The molecule has 1 aliphatic carbocycles. The number of aromatic nitrogens is 1. The average Bonchev–Trinajstić information content (AvgIpc) is 3.53. The van der Waals surface area contributed by atoms with Crippen molar-refractivity contribution in [1.82, 2.24) is 10.3 Å². The molecule has 0 amide bonds. The van der Waals surface area contributed by atoms with Crippen molar-refractivity contribution in [1.29, 1.82) is 10.5 Å². The zero-order valence-corrected chi connectivity index (χ0v) is 15.1. The Morgan fingerprint density at radius 3 is 2.79 bits per heavy atom. The summed E-state index contributed by atoms with van der Waals surface area (Å²) in [6, 6.07) is 8.12. The van der Waals surface area contributed by atoms with Gasteiger partial charge in [0, 0.05) is 5.56 Å². The number of nitrogen functional groups attached to an aromatic ring is 2. The standard InChI is InChI=1S/C19H16N8O2/c20-7-12-14(22)13-15(25-19(24-8-21)27-17(13)26-16(12)23)10-2-1-3-11(6-10)29-18(28)9-4-5-9/h1-3,6,9,15H,4-5H2,(H6,22,23,24,25,26,27). The number of aliphatic imine (C=N–C) groups is 1. The van der Waals surface area contributed by atoms with E-state index in [0.717, 1.165) is 12.8 Å². The van der Waals surface area contributed by atoms with Crippen molar-refractivity contribution in [2.75, 3.05) is 16.8 Å². The molecule has 1 aromatic heterocycles. The average molecular weight is 388 g/mol. The number of ether oxygens (including phenoxy) is 1. The molecule has 0 radical (unpaired) electrons. The van der Waals surface area contributed by atoms with Crippen LogP contribution >= 0.6 is 0 Å². The van der Waals surface area contributed by atoms with Gasteiger partial charge in [0.25, 0.3) is 0 Å². The summed E-state index contributed by atoms with van der Waals surface area (Å²) in [6.07, 6.45) is 3.48. The van der Waals surface area contributed by atoms with Gasteiger partial charge in [-0.25, -0.2) is 9.98 Å². The lowest BCUT2D eigenvalue weighted by molar-refractivity contribution is -0.135. The number of rotatable bonds is 3. The molecule has 2 aliphatic rings. The van der Waals surface area contributed by atoms with Gasteiger partial charge in [0.05, 0.1) is 11.6 Å². The number of carbonyl (C=O) groups excluding carboxylic acids is 1. The highest BCUT2D eigenvalue weighted by Crippen LogP contribution is 2.41. The molecule has 1 aliphatic heterocycles. The van der Waals surface area contributed by atoms with Gasteiger partial charge in [-0.05, 0) is 30.5 Å². The van der Waals surface area contributed by atoms with Crippen molar-refractivity contribution in [3.63, 3.8) is 0 Å². The summed E-state index contributed by atoms with van der Waals surface area (Å²) in [5, 5.41) is 23.6. The van der Waals surface area contributed by atoms with E-state index in [9.17, 15) is 10.1 Å². The van der Waals surface area contributed by atoms with E-state index in [1.807, 2.05) is 6.07 Å². The van der Waals surface area contributed by atoms with Crippen LogP contribution in [0.2, 0.25) is 0 Å². The molecule has 6 N–H and O–H groups in total. The van der Waals surface area contributed by atoms with Gasteiger partial charge in [0.2, 0.25) is 5.96 Å². The number of esters is 1. The highest BCUT2D eigenvalue weighted by Gasteiger charge is 2.32. The number of hydrogen-bond donors (Lipinski definition) is 4. The van der Waals surface area contributed by atoms with Gasteiger partial charge < -0.3 is 21.5 Å². The van der Waals surface area contributed by atoms with Gasteiger partial charge >= 0.3 is 5.97 Å². The fraction of sp³-hybridized carbons (Fsp3) is 0.211. The van der Waals surface area contributed by atoms with Crippen molar-refractivity contribution in [2.45, 2.75) is 18.9 Å². The fourth-order valence-corrected chi connectivity index (χ4v) is 3.09. The fourth-order valence-electron chi connectivity index (χ4n) is 3.09. The molecule has 144 valence electrons. The van der Waals surface area contributed by atoms with Crippen LogP contribution in [0.1, 0.15) is 35.6 Å². The van der Waals surface area contributed by atoms with Gasteiger partial charge in [0.1, 0.15) is 35.1 Å². The number of hydrogen-bond acceptors (Lipinski definition) is 10. The Morgan fingerprint density at radius 1 is 1.31 bits per heavy atom. The number of fused-ring (bicyclic) bond motifs is 1. The summed E-state index contributed by atoms with van der Waals surface area (Å²) in [4.78, 5) is 20.7. The van der Waals surface area contributed by atoms with Crippen LogP contribution < -0.4 is 26.8 Å². The van der Waals surface area contributed by atoms with Crippen molar-refractivity contribution in [2.24, 2.45) is 10.9 Å². The molecule has 1 unspecified atom stereocenters. The van der Waals surface area contributed by atoms with E-state index in [0.29, 0.717) is 16.9 Å². The van der Waals surface area contributed by atoms with Crippen LogP contribution in [0.3, 0.4) is 0 Å². The second-order valence-corrected chi connectivity index (χ2v) is 6.67. The van der Waals surface area contributed by atoms with Crippen LogP contribution in [0.5, 0.6) is 5.75 Å². The second kappa shape index (κ2) is 7.02. The zero-order valence-electron chi connectivity index (χ0n) is 15.1.